The number of piperidine rings is 1. The maximum absolute atomic E-state index is 11.3. The van der Waals surface area contributed by atoms with Crippen molar-refractivity contribution < 1.29 is 4.79 Å². The van der Waals surface area contributed by atoms with Crippen molar-refractivity contribution >= 4 is 17.3 Å². The van der Waals surface area contributed by atoms with Crippen LogP contribution in [0, 0.1) is 0 Å². The molecule has 1 fully saturated rings. The molecule has 1 aromatic carbocycles. The van der Waals surface area contributed by atoms with E-state index in [2.05, 4.69) is 21.6 Å². The highest BCUT2D eigenvalue weighted by molar-refractivity contribution is 5.99. The zero-order valence-electron chi connectivity index (χ0n) is 12.0. The molecule has 0 aliphatic carbocycles. The Labute approximate surface area is 120 Å². The number of hydrogen-bond donors (Lipinski definition) is 2. The van der Waals surface area contributed by atoms with Gasteiger partial charge in [0.25, 0.3) is 0 Å². The molecule has 1 amide bonds. The van der Waals surface area contributed by atoms with Gasteiger partial charge in [-0.2, -0.15) is 0 Å². The molecule has 0 aromatic heterocycles. The van der Waals surface area contributed by atoms with Gasteiger partial charge in [0.2, 0.25) is 5.91 Å². The fourth-order valence-corrected chi connectivity index (χ4v) is 3.06. The molecule has 2 aliphatic rings. The minimum absolute atomic E-state index is 0.0993. The van der Waals surface area contributed by atoms with Crippen LogP contribution in [0.25, 0.3) is 0 Å². The molecule has 0 atom stereocenters. The van der Waals surface area contributed by atoms with E-state index in [0.29, 0.717) is 6.42 Å². The Morgan fingerprint density at radius 3 is 2.90 bits per heavy atom. The number of rotatable bonds is 5. The standard InChI is InChI=1S/C16H23N3O/c20-16-12-13-11-14(5-6-15(13)18-16)17-7-4-10-19-8-2-1-3-9-19/h5-6,11,17H,1-4,7-10,12H2,(H,18,20). The smallest absolute Gasteiger partial charge is 0.228 e. The number of fused-ring (bicyclic) bond motifs is 1. The van der Waals surface area contributed by atoms with Gasteiger partial charge in [0.05, 0.1) is 6.42 Å². The van der Waals surface area contributed by atoms with Gasteiger partial charge in [-0.15, -0.1) is 0 Å². The predicted octanol–water partition coefficient (Wildman–Crippen LogP) is 2.47. The van der Waals surface area contributed by atoms with Crippen molar-refractivity contribution in [2.45, 2.75) is 32.1 Å². The molecule has 0 radical (unpaired) electrons. The van der Waals surface area contributed by atoms with Crippen LogP contribution in [0.15, 0.2) is 18.2 Å². The summed E-state index contributed by atoms with van der Waals surface area (Å²) in [5, 5.41) is 6.32. The highest BCUT2D eigenvalue weighted by atomic mass is 16.1. The predicted molar refractivity (Wildman–Crippen MR) is 82.2 cm³/mol. The SMILES string of the molecule is O=C1Cc2cc(NCCCN3CCCCC3)ccc2N1. The van der Waals surface area contributed by atoms with Crippen molar-refractivity contribution in [2.24, 2.45) is 0 Å². The first-order chi connectivity index (χ1) is 9.81. The number of benzene rings is 1. The molecule has 0 spiro atoms. The van der Waals surface area contributed by atoms with E-state index in [4.69, 9.17) is 0 Å². The lowest BCUT2D eigenvalue weighted by Gasteiger charge is -2.26. The number of nitrogens with zero attached hydrogens (tertiary/aromatic N) is 1. The first-order valence-electron chi connectivity index (χ1n) is 7.70. The molecular formula is C16H23N3O. The molecule has 4 nitrogen and oxygen atoms in total. The summed E-state index contributed by atoms with van der Waals surface area (Å²) < 4.78 is 0. The Balaban J connectivity index is 1.42. The van der Waals surface area contributed by atoms with Gasteiger partial charge in [-0.05, 0) is 62.7 Å². The van der Waals surface area contributed by atoms with E-state index >= 15 is 0 Å². The monoisotopic (exact) mass is 273 g/mol. The molecule has 0 unspecified atom stereocenters. The summed E-state index contributed by atoms with van der Waals surface area (Å²) in [4.78, 5) is 13.9. The second-order valence-corrected chi connectivity index (χ2v) is 5.78. The van der Waals surface area contributed by atoms with Crippen LogP contribution >= 0.6 is 0 Å². The molecule has 3 rings (SSSR count). The van der Waals surface area contributed by atoms with Gasteiger partial charge >= 0.3 is 0 Å². The second-order valence-electron chi connectivity index (χ2n) is 5.78. The lowest BCUT2D eigenvalue weighted by molar-refractivity contribution is -0.115. The van der Waals surface area contributed by atoms with Crippen LogP contribution in [0.1, 0.15) is 31.2 Å². The molecule has 20 heavy (non-hydrogen) atoms. The highest BCUT2D eigenvalue weighted by Gasteiger charge is 2.17. The third-order valence-corrected chi connectivity index (χ3v) is 4.16. The van der Waals surface area contributed by atoms with Crippen LogP contribution in [-0.2, 0) is 11.2 Å². The average molecular weight is 273 g/mol. The number of amides is 1. The summed E-state index contributed by atoms with van der Waals surface area (Å²) in [6.07, 6.45) is 5.81. The van der Waals surface area contributed by atoms with Gasteiger partial charge in [0, 0.05) is 17.9 Å². The van der Waals surface area contributed by atoms with E-state index in [0.717, 1.165) is 23.5 Å². The first kappa shape index (κ1) is 13.4. The average Bonchev–Trinajstić information content (AvgIpc) is 2.84. The fraction of sp³-hybridized carbons (Fsp3) is 0.562. The Morgan fingerprint density at radius 1 is 1.20 bits per heavy atom. The first-order valence-corrected chi connectivity index (χ1v) is 7.70. The number of carbonyl (C=O) groups excluding carboxylic acids is 1. The summed E-state index contributed by atoms with van der Waals surface area (Å²) in [5.74, 6) is 0.0993. The van der Waals surface area contributed by atoms with Gasteiger partial charge in [-0.25, -0.2) is 0 Å². The number of likely N-dealkylation sites (tertiary alicyclic amines) is 1. The number of carbonyl (C=O) groups is 1. The topological polar surface area (TPSA) is 44.4 Å². The normalized spacial score (nSPS) is 18.7. The third kappa shape index (κ3) is 3.31. The van der Waals surface area contributed by atoms with Gasteiger partial charge in [0.1, 0.15) is 0 Å². The summed E-state index contributed by atoms with van der Waals surface area (Å²) in [7, 11) is 0. The lowest BCUT2D eigenvalue weighted by atomic mass is 10.1. The molecule has 1 aromatic rings. The summed E-state index contributed by atoms with van der Waals surface area (Å²) in [5.41, 5.74) is 3.20. The van der Waals surface area contributed by atoms with E-state index in [1.807, 2.05) is 12.1 Å². The molecule has 0 bridgehead atoms. The molecule has 2 N–H and O–H groups in total. The van der Waals surface area contributed by atoms with E-state index in [1.54, 1.807) is 0 Å². The van der Waals surface area contributed by atoms with Crippen LogP contribution < -0.4 is 10.6 Å². The van der Waals surface area contributed by atoms with Crippen molar-refractivity contribution in [2.75, 3.05) is 36.8 Å². The Morgan fingerprint density at radius 2 is 2.05 bits per heavy atom. The molecule has 2 heterocycles. The Hall–Kier alpha value is -1.55. The number of nitrogens with one attached hydrogen (secondary N) is 2. The van der Waals surface area contributed by atoms with Crippen LogP contribution in [0.2, 0.25) is 0 Å². The van der Waals surface area contributed by atoms with Crippen LogP contribution in [0.3, 0.4) is 0 Å². The van der Waals surface area contributed by atoms with Gasteiger partial charge in [-0.3, -0.25) is 4.79 Å². The zero-order chi connectivity index (χ0) is 13.8. The van der Waals surface area contributed by atoms with Crippen LogP contribution in [0.5, 0.6) is 0 Å². The van der Waals surface area contributed by atoms with Crippen LogP contribution in [-0.4, -0.2) is 37.0 Å². The van der Waals surface area contributed by atoms with Gasteiger partial charge in [0.15, 0.2) is 0 Å². The maximum atomic E-state index is 11.3. The van der Waals surface area contributed by atoms with Gasteiger partial charge in [-0.1, -0.05) is 6.42 Å². The largest absolute Gasteiger partial charge is 0.385 e. The lowest BCUT2D eigenvalue weighted by Crippen LogP contribution is -2.31. The van der Waals surface area contributed by atoms with Gasteiger partial charge < -0.3 is 15.5 Å². The molecule has 108 valence electrons. The number of hydrogen-bond acceptors (Lipinski definition) is 3. The van der Waals surface area contributed by atoms with E-state index in [-0.39, 0.29) is 5.91 Å². The minimum Gasteiger partial charge on any atom is -0.385 e. The van der Waals surface area contributed by atoms with E-state index in [1.165, 1.54) is 45.3 Å². The van der Waals surface area contributed by atoms with Crippen LogP contribution in [0.4, 0.5) is 11.4 Å². The highest BCUT2D eigenvalue weighted by Crippen LogP contribution is 2.25. The third-order valence-electron chi connectivity index (χ3n) is 4.16. The van der Waals surface area contributed by atoms with Crippen molar-refractivity contribution in [3.8, 4) is 0 Å². The van der Waals surface area contributed by atoms with Crippen molar-refractivity contribution in [1.82, 2.24) is 4.90 Å². The Bertz CT molecular complexity index is 481. The second kappa shape index (κ2) is 6.27. The quantitative estimate of drug-likeness (QED) is 0.810. The summed E-state index contributed by atoms with van der Waals surface area (Å²) in [6.45, 7) is 4.73. The fourth-order valence-electron chi connectivity index (χ4n) is 3.06. The maximum Gasteiger partial charge on any atom is 0.228 e. The summed E-state index contributed by atoms with van der Waals surface area (Å²) >= 11 is 0. The minimum atomic E-state index is 0.0993. The van der Waals surface area contributed by atoms with Crippen molar-refractivity contribution in [3.05, 3.63) is 23.8 Å². The molecule has 4 heteroatoms. The van der Waals surface area contributed by atoms with Crippen molar-refractivity contribution in [1.29, 1.82) is 0 Å². The van der Waals surface area contributed by atoms with E-state index < -0.39 is 0 Å². The zero-order valence-corrected chi connectivity index (χ0v) is 12.0. The van der Waals surface area contributed by atoms with Crippen molar-refractivity contribution in [3.63, 3.8) is 0 Å². The molecule has 1 saturated heterocycles. The Kier molecular flexibility index (Phi) is 4.21. The molecule has 0 saturated carbocycles. The summed E-state index contributed by atoms with van der Waals surface area (Å²) in [6, 6.07) is 6.13. The molecule has 2 aliphatic heterocycles. The molecular weight excluding hydrogens is 250 g/mol. The number of anilines is 2. The van der Waals surface area contributed by atoms with E-state index in [9.17, 15) is 4.79 Å².